The number of fused-ring (bicyclic) bond motifs is 1. The molecule has 136 valence electrons. The van der Waals surface area contributed by atoms with E-state index in [1.54, 1.807) is 7.11 Å². The van der Waals surface area contributed by atoms with Crippen LogP contribution in [0, 0.1) is 13.8 Å². The Morgan fingerprint density at radius 2 is 2.00 bits per heavy atom. The van der Waals surface area contributed by atoms with Crippen molar-refractivity contribution in [2.75, 3.05) is 7.11 Å². The van der Waals surface area contributed by atoms with E-state index in [0.29, 0.717) is 0 Å². The highest BCUT2D eigenvalue weighted by molar-refractivity contribution is 5.83. The Kier molecular flexibility index (Phi) is 5.12. The lowest BCUT2D eigenvalue weighted by molar-refractivity contribution is 0.415. The minimum atomic E-state index is 0.840. The van der Waals surface area contributed by atoms with Gasteiger partial charge < -0.3 is 4.74 Å². The lowest BCUT2D eigenvalue weighted by atomic mass is 10.0. The van der Waals surface area contributed by atoms with Gasteiger partial charge in [-0.2, -0.15) is 0 Å². The average molecular weight is 349 g/mol. The molecule has 0 saturated heterocycles. The molecule has 3 rings (SSSR count). The maximum absolute atomic E-state index is 5.68. The van der Waals surface area contributed by atoms with Crippen molar-refractivity contribution < 1.29 is 4.74 Å². The SMILES string of the molecule is CC=C(CC)c1c(CC)nc2c(-c3c(C)cc(C)cc3OC)nccn12. The molecule has 26 heavy (non-hydrogen) atoms. The van der Waals surface area contributed by atoms with Crippen molar-refractivity contribution in [3.05, 3.63) is 53.1 Å². The normalized spacial score (nSPS) is 12.0. The predicted octanol–water partition coefficient (Wildman–Crippen LogP) is 5.40. The van der Waals surface area contributed by atoms with Crippen LogP contribution in [0.3, 0.4) is 0 Å². The first-order valence-electron chi connectivity index (χ1n) is 9.22. The Bertz CT molecular complexity index is 983. The van der Waals surface area contributed by atoms with E-state index in [1.807, 2.05) is 12.4 Å². The number of aromatic nitrogens is 3. The van der Waals surface area contributed by atoms with Crippen LogP contribution in [0.25, 0.3) is 22.5 Å². The fourth-order valence-corrected chi connectivity index (χ4v) is 3.69. The third-order valence-electron chi connectivity index (χ3n) is 4.88. The van der Waals surface area contributed by atoms with Crippen LogP contribution in [0.2, 0.25) is 0 Å². The summed E-state index contributed by atoms with van der Waals surface area (Å²) in [6.45, 7) is 10.6. The van der Waals surface area contributed by atoms with Crippen LogP contribution in [-0.2, 0) is 6.42 Å². The number of nitrogens with zero attached hydrogens (tertiary/aromatic N) is 3. The third kappa shape index (κ3) is 2.90. The van der Waals surface area contributed by atoms with Crippen LogP contribution in [-0.4, -0.2) is 21.5 Å². The fourth-order valence-electron chi connectivity index (χ4n) is 3.69. The Morgan fingerprint density at radius 1 is 1.23 bits per heavy atom. The second-order valence-electron chi connectivity index (χ2n) is 6.56. The van der Waals surface area contributed by atoms with Crippen molar-refractivity contribution in [1.82, 2.24) is 14.4 Å². The summed E-state index contributed by atoms with van der Waals surface area (Å²) in [5.41, 5.74) is 8.70. The molecule has 0 N–H and O–H groups in total. The first-order valence-corrected chi connectivity index (χ1v) is 9.22. The van der Waals surface area contributed by atoms with Crippen molar-refractivity contribution >= 4 is 11.2 Å². The molecule has 0 aliphatic heterocycles. The molecule has 4 nitrogen and oxygen atoms in total. The minimum Gasteiger partial charge on any atom is -0.496 e. The minimum absolute atomic E-state index is 0.840. The fraction of sp³-hybridized carbons (Fsp3) is 0.364. The van der Waals surface area contributed by atoms with Gasteiger partial charge in [0.2, 0.25) is 0 Å². The molecule has 0 aliphatic carbocycles. The first-order chi connectivity index (χ1) is 12.5. The van der Waals surface area contributed by atoms with Gasteiger partial charge in [0, 0.05) is 18.0 Å². The lowest BCUT2D eigenvalue weighted by Gasteiger charge is -2.13. The number of imidazole rings is 1. The number of methoxy groups -OCH3 is 1. The molecule has 4 heteroatoms. The number of hydrogen-bond acceptors (Lipinski definition) is 3. The Hall–Kier alpha value is -2.62. The number of ether oxygens (including phenoxy) is 1. The van der Waals surface area contributed by atoms with E-state index in [1.165, 1.54) is 16.8 Å². The quantitative estimate of drug-likeness (QED) is 0.619. The van der Waals surface area contributed by atoms with Crippen LogP contribution >= 0.6 is 0 Å². The molecule has 0 radical (unpaired) electrons. The summed E-state index contributed by atoms with van der Waals surface area (Å²) in [5, 5.41) is 0. The summed E-state index contributed by atoms with van der Waals surface area (Å²) in [5.74, 6) is 0.840. The molecule has 0 unspecified atom stereocenters. The van der Waals surface area contributed by atoms with Crippen molar-refractivity contribution in [3.63, 3.8) is 0 Å². The van der Waals surface area contributed by atoms with Gasteiger partial charge in [0.15, 0.2) is 5.65 Å². The van der Waals surface area contributed by atoms with Crippen molar-refractivity contribution in [2.45, 2.75) is 47.5 Å². The molecule has 0 saturated carbocycles. The molecule has 2 aromatic heterocycles. The average Bonchev–Trinajstić information content (AvgIpc) is 3.01. The van der Waals surface area contributed by atoms with Gasteiger partial charge in [-0.25, -0.2) is 4.98 Å². The van der Waals surface area contributed by atoms with Crippen LogP contribution in [0.1, 0.15) is 49.7 Å². The topological polar surface area (TPSA) is 39.4 Å². The number of benzene rings is 1. The second-order valence-corrected chi connectivity index (χ2v) is 6.56. The summed E-state index contributed by atoms with van der Waals surface area (Å²) in [7, 11) is 1.71. The van der Waals surface area contributed by atoms with Crippen molar-refractivity contribution in [1.29, 1.82) is 0 Å². The van der Waals surface area contributed by atoms with Gasteiger partial charge in [0.25, 0.3) is 0 Å². The zero-order valence-electron chi connectivity index (χ0n) is 16.6. The molecule has 0 bridgehead atoms. The van der Waals surface area contributed by atoms with Gasteiger partial charge >= 0.3 is 0 Å². The molecule has 0 amide bonds. The van der Waals surface area contributed by atoms with E-state index in [4.69, 9.17) is 14.7 Å². The molecule has 1 aromatic carbocycles. The van der Waals surface area contributed by atoms with Gasteiger partial charge in [-0.05, 0) is 56.4 Å². The smallest absolute Gasteiger partial charge is 0.164 e. The zero-order valence-corrected chi connectivity index (χ0v) is 16.6. The molecule has 0 aliphatic rings. The van der Waals surface area contributed by atoms with Gasteiger partial charge in [-0.3, -0.25) is 9.38 Å². The standard InChI is InChI=1S/C22H27N3O/c1-7-16(8-2)21-17(9-3)24-22-20(23-10-11-25(21)22)19-15(5)12-14(4)13-18(19)26-6/h7,10-13H,8-9H2,1-6H3. The summed E-state index contributed by atoms with van der Waals surface area (Å²) < 4.78 is 7.85. The maximum atomic E-state index is 5.68. The van der Waals surface area contributed by atoms with Crippen molar-refractivity contribution in [3.8, 4) is 17.0 Å². The van der Waals surface area contributed by atoms with Gasteiger partial charge in [-0.15, -0.1) is 0 Å². The van der Waals surface area contributed by atoms with E-state index in [9.17, 15) is 0 Å². The molecule has 3 aromatic rings. The van der Waals surface area contributed by atoms with Crippen LogP contribution < -0.4 is 4.74 Å². The van der Waals surface area contributed by atoms with E-state index in [2.05, 4.69) is 57.2 Å². The van der Waals surface area contributed by atoms with Crippen LogP contribution in [0.4, 0.5) is 0 Å². The van der Waals surface area contributed by atoms with E-state index in [0.717, 1.165) is 46.8 Å². The van der Waals surface area contributed by atoms with Crippen molar-refractivity contribution in [2.24, 2.45) is 0 Å². The zero-order chi connectivity index (χ0) is 18.8. The third-order valence-corrected chi connectivity index (χ3v) is 4.88. The summed E-state index contributed by atoms with van der Waals surface area (Å²) in [6, 6.07) is 4.22. The van der Waals surface area contributed by atoms with Gasteiger partial charge in [0.05, 0.1) is 18.5 Å². The molecular weight excluding hydrogens is 322 g/mol. The second kappa shape index (κ2) is 7.32. The Labute approximate surface area is 155 Å². The highest BCUT2D eigenvalue weighted by Gasteiger charge is 2.20. The first kappa shape index (κ1) is 18.2. The lowest BCUT2D eigenvalue weighted by Crippen LogP contribution is -1.99. The summed E-state index contributed by atoms with van der Waals surface area (Å²) >= 11 is 0. The Balaban J connectivity index is 2.38. The number of rotatable bonds is 5. The van der Waals surface area contributed by atoms with Crippen LogP contribution in [0.15, 0.2) is 30.6 Å². The molecule has 0 fully saturated rings. The Morgan fingerprint density at radius 3 is 2.62 bits per heavy atom. The number of hydrogen-bond donors (Lipinski definition) is 0. The van der Waals surface area contributed by atoms with Gasteiger partial charge in [-0.1, -0.05) is 26.0 Å². The van der Waals surface area contributed by atoms with E-state index in [-0.39, 0.29) is 0 Å². The summed E-state index contributed by atoms with van der Waals surface area (Å²) in [6.07, 6.45) is 7.91. The highest BCUT2D eigenvalue weighted by atomic mass is 16.5. The molecule has 0 atom stereocenters. The molecule has 0 spiro atoms. The van der Waals surface area contributed by atoms with E-state index >= 15 is 0 Å². The number of aryl methyl sites for hydroxylation is 3. The summed E-state index contributed by atoms with van der Waals surface area (Å²) in [4.78, 5) is 9.66. The maximum Gasteiger partial charge on any atom is 0.164 e. The van der Waals surface area contributed by atoms with Crippen LogP contribution in [0.5, 0.6) is 5.75 Å². The molecule has 2 heterocycles. The predicted molar refractivity (Wildman–Crippen MR) is 108 cm³/mol. The number of allylic oxidation sites excluding steroid dienone is 2. The van der Waals surface area contributed by atoms with E-state index < -0.39 is 0 Å². The monoisotopic (exact) mass is 349 g/mol. The molecular formula is C22H27N3O. The largest absolute Gasteiger partial charge is 0.496 e. The van der Waals surface area contributed by atoms with Gasteiger partial charge in [0.1, 0.15) is 11.4 Å². The highest BCUT2D eigenvalue weighted by Crippen LogP contribution is 2.36.